The first kappa shape index (κ1) is 17.7. The molecule has 24 heavy (non-hydrogen) atoms. The molecule has 0 saturated carbocycles. The first-order valence-electron chi connectivity index (χ1n) is 7.44. The maximum absolute atomic E-state index is 5.38. The Morgan fingerprint density at radius 3 is 2.38 bits per heavy atom. The molecular weight excluding hydrogens is 322 g/mol. The third-order valence-corrected chi connectivity index (χ3v) is 3.61. The highest BCUT2D eigenvalue weighted by Crippen LogP contribution is 2.20. The number of nitrogens with zero attached hydrogens (tertiary/aromatic N) is 1. The van der Waals surface area contributed by atoms with Gasteiger partial charge in [0.2, 0.25) is 0 Å². The monoisotopic (exact) mass is 343 g/mol. The Labute approximate surface area is 147 Å². The lowest BCUT2D eigenvalue weighted by Crippen LogP contribution is -2.25. The molecule has 0 saturated heterocycles. The van der Waals surface area contributed by atoms with Crippen molar-refractivity contribution in [2.75, 3.05) is 19.5 Å². The molecule has 0 aromatic heterocycles. The summed E-state index contributed by atoms with van der Waals surface area (Å²) in [5.41, 5.74) is 6.56. The van der Waals surface area contributed by atoms with Gasteiger partial charge in [-0.1, -0.05) is 11.6 Å². The van der Waals surface area contributed by atoms with Crippen LogP contribution in [0, 0.1) is 6.92 Å². The van der Waals surface area contributed by atoms with E-state index >= 15 is 0 Å². The fourth-order valence-corrected chi connectivity index (χ4v) is 2.30. The highest BCUT2D eigenvalue weighted by Gasteiger charge is 2.07. The van der Waals surface area contributed by atoms with Gasteiger partial charge in [-0.2, -0.15) is 5.10 Å². The molecule has 6 heteroatoms. The summed E-state index contributed by atoms with van der Waals surface area (Å²) in [4.78, 5) is 0. The van der Waals surface area contributed by atoms with E-state index in [4.69, 9.17) is 21.7 Å². The summed E-state index contributed by atoms with van der Waals surface area (Å²) in [6.45, 7) is 3.93. The number of thiocarbonyl (C=S) groups is 1. The number of rotatable bonds is 5. The van der Waals surface area contributed by atoms with Crippen LogP contribution in [0.25, 0.3) is 0 Å². The molecule has 0 aliphatic heterocycles. The van der Waals surface area contributed by atoms with Crippen molar-refractivity contribution < 1.29 is 9.47 Å². The molecule has 0 radical (unpaired) electrons. The van der Waals surface area contributed by atoms with E-state index in [2.05, 4.69) is 15.8 Å². The molecule has 0 heterocycles. The smallest absolute Gasteiger partial charge is 0.191 e. The second-order valence-corrected chi connectivity index (χ2v) is 5.60. The minimum atomic E-state index is 0.408. The molecule has 0 fully saturated rings. The number of nitrogens with one attached hydrogen (secondary N) is 2. The van der Waals surface area contributed by atoms with Crippen LogP contribution in [0.1, 0.15) is 18.1 Å². The minimum Gasteiger partial charge on any atom is -0.497 e. The number of anilines is 1. The van der Waals surface area contributed by atoms with Crippen LogP contribution in [0.4, 0.5) is 5.69 Å². The van der Waals surface area contributed by atoms with E-state index in [1.807, 2.05) is 56.3 Å². The Kier molecular flexibility index (Phi) is 6.14. The van der Waals surface area contributed by atoms with E-state index in [1.54, 1.807) is 14.2 Å². The molecule has 0 aliphatic rings. The second kappa shape index (κ2) is 8.31. The Balaban J connectivity index is 2.03. The van der Waals surface area contributed by atoms with Gasteiger partial charge in [0.1, 0.15) is 11.5 Å². The Bertz CT molecular complexity index is 742. The van der Waals surface area contributed by atoms with Gasteiger partial charge in [-0.3, -0.25) is 5.43 Å². The molecule has 0 bridgehead atoms. The number of ether oxygens (including phenoxy) is 2. The number of hydrogen-bond acceptors (Lipinski definition) is 4. The number of hydrazone groups is 1. The van der Waals surface area contributed by atoms with Gasteiger partial charge in [0.25, 0.3) is 0 Å². The van der Waals surface area contributed by atoms with Crippen LogP contribution < -0.4 is 20.2 Å². The van der Waals surface area contributed by atoms with E-state index in [9.17, 15) is 0 Å². The van der Waals surface area contributed by atoms with Gasteiger partial charge in [-0.15, -0.1) is 0 Å². The Morgan fingerprint density at radius 2 is 1.75 bits per heavy atom. The molecule has 0 amide bonds. The summed E-state index contributed by atoms with van der Waals surface area (Å²) >= 11 is 5.26. The fourth-order valence-electron chi connectivity index (χ4n) is 2.13. The van der Waals surface area contributed by atoms with Crippen molar-refractivity contribution in [3.63, 3.8) is 0 Å². The van der Waals surface area contributed by atoms with Crippen molar-refractivity contribution in [1.29, 1.82) is 0 Å². The molecule has 2 rings (SSSR count). The summed E-state index contributed by atoms with van der Waals surface area (Å²) in [7, 11) is 3.27. The van der Waals surface area contributed by atoms with Gasteiger partial charge in [0.05, 0.1) is 19.9 Å². The zero-order valence-corrected chi connectivity index (χ0v) is 15.0. The molecule has 2 aromatic rings. The normalized spacial score (nSPS) is 10.9. The van der Waals surface area contributed by atoms with Crippen LogP contribution in [0.3, 0.4) is 0 Å². The maximum atomic E-state index is 5.38. The van der Waals surface area contributed by atoms with Crippen molar-refractivity contribution in [3.8, 4) is 11.5 Å². The molecule has 0 spiro atoms. The summed E-state index contributed by atoms with van der Waals surface area (Å²) in [5, 5.41) is 7.81. The SMILES string of the molecule is COc1ccc(NC(=S)N/N=C(/C)c2cc(C)ccc2OC)cc1. The highest BCUT2D eigenvalue weighted by molar-refractivity contribution is 7.80. The number of aryl methyl sites for hydroxylation is 1. The second-order valence-electron chi connectivity index (χ2n) is 5.20. The molecule has 2 N–H and O–H groups in total. The quantitative estimate of drug-likeness (QED) is 0.492. The third kappa shape index (κ3) is 4.70. The lowest BCUT2D eigenvalue weighted by molar-refractivity contribution is 0.414. The van der Waals surface area contributed by atoms with Gasteiger partial charge >= 0.3 is 0 Å². The summed E-state index contributed by atoms with van der Waals surface area (Å²) < 4.78 is 10.5. The van der Waals surface area contributed by atoms with Crippen molar-refractivity contribution >= 4 is 28.7 Å². The molecule has 0 unspecified atom stereocenters. The molecule has 126 valence electrons. The first-order chi connectivity index (χ1) is 11.5. The van der Waals surface area contributed by atoms with Crippen molar-refractivity contribution in [2.24, 2.45) is 5.10 Å². The van der Waals surface area contributed by atoms with Crippen LogP contribution in [0.15, 0.2) is 47.6 Å². The predicted molar refractivity (Wildman–Crippen MR) is 102 cm³/mol. The van der Waals surface area contributed by atoms with Crippen LogP contribution in [-0.2, 0) is 0 Å². The van der Waals surface area contributed by atoms with Gasteiger partial charge in [-0.25, -0.2) is 0 Å². The fraction of sp³-hybridized carbons (Fsp3) is 0.222. The first-order valence-corrected chi connectivity index (χ1v) is 7.84. The van der Waals surface area contributed by atoms with E-state index in [0.29, 0.717) is 5.11 Å². The summed E-state index contributed by atoms with van der Waals surface area (Å²) in [6.07, 6.45) is 0. The lowest BCUT2D eigenvalue weighted by atomic mass is 10.1. The topological polar surface area (TPSA) is 54.9 Å². The average molecular weight is 343 g/mol. The van der Waals surface area contributed by atoms with Gasteiger partial charge < -0.3 is 14.8 Å². The van der Waals surface area contributed by atoms with Gasteiger partial charge in [-0.05, 0) is 62.5 Å². The Morgan fingerprint density at radius 1 is 1.04 bits per heavy atom. The Hall–Kier alpha value is -2.60. The number of benzene rings is 2. The van der Waals surface area contributed by atoms with Crippen molar-refractivity contribution in [1.82, 2.24) is 5.43 Å². The van der Waals surface area contributed by atoms with Crippen LogP contribution in [-0.4, -0.2) is 25.0 Å². The average Bonchev–Trinajstić information content (AvgIpc) is 2.60. The van der Waals surface area contributed by atoms with E-state index in [-0.39, 0.29) is 0 Å². The molecule has 5 nitrogen and oxygen atoms in total. The van der Waals surface area contributed by atoms with E-state index < -0.39 is 0 Å². The number of methoxy groups -OCH3 is 2. The summed E-state index contributed by atoms with van der Waals surface area (Å²) in [6, 6.07) is 13.4. The molecule has 0 atom stereocenters. The standard InChI is InChI=1S/C18H21N3O2S/c1-12-5-10-17(23-4)16(11-12)13(2)20-21-18(24)19-14-6-8-15(22-3)9-7-14/h5-11H,1-4H3,(H2,19,21,24)/b20-13-. The van der Waals surface area contributed by atoms with Gasteiger partial charge in [0.15, 0.2) is 5.11 Å². The molecule has 2 aromatic carbocycles. The highest BCUT2D eigenvalue weighted by atomic mass is 32.1. The zero-order valence-electron chi connectivity index (χ0n) is 14.2. The largest absolute Gasteiger partial charge is 0.497 e. The van der Waals surface area contributed by atoms with Crippen LogP contribution in [0.5, 0.6) is 11.5 Å². The lowest BCUT2D eigenvalue weighted by Gasteiger charge is -2.11. The maximum Gasteiger partial charge on any atom is 0.191 e. The van der Waals surface area contributed by atoms with E-state index in [1.165, 1.54) is 0 Å². The van der Waals surface area contributed by atoms with Crippen LogP contribution in [0.2, 0.25) is 0 Å². The number of hydrogen-bond donors (Lipinski definition) is 2. The van der Waals surface area contributed by atoms with Gasteiger partial charge in [0, 0.05) is 11.3 Å². The minimum absolute atomic E-state index is 0.408. The van der Waals surface area contributed by atoms with E-state index in [0.717, 1.165) is 34.0 Å². The third-order valence-electron chi connectivity index (χ3n) is 3.42. The van der Waals surface area contributed by atoms with Crippen molar-refractivity contribution in [2.45, 2.75) is 13.8 Å². The van der Waals surface area contributed by atoms with Crippen LogP contribution >= 0.6 is 12.2 Å². The molecular formula is C18H21N3O2S. The van der Waals surface area contributed by atoms with Crippen molar-refractivity contribution in [3.05, 3.63) is 53.6 Å². The predicted octanol–water partition coefficient (Wildman–Crippen LogP) is 3.72. The zero-order chi connectivity index (χ0) is 17.5. The molecule has 0 aliphatic carbocycles. The summed E-state index contributed by atoms with van der Waals surface area (Å²) in [5.74, 6) is 1.57.